The molecule has 7 heteroatoms. The number of sulfonamides is 1. The summed E-state index contributed by atoms with van der Waals surface area (Å²) in [7, 11) is -2.09. The fourth-order valence-electron chi connectivity index (χ4n) is 2.41. The van der Waals surface area contributed by atoms with Crippen LogP contribution in [0.15, 0.2) is 78.0 Å². The Kier molecular flexibility index (Phi) is 5.60. The van der Waals surface area contributed by atoms with Crippen LogP contribution < -0.4 is 9.46 Å². The van der Waals surface area contributed by atoms with Crippen LogP contribution in [0.5, 0.6) is 5.75 Å². The highest BCUT2D eigenvalue weighted by atomic mass is 32.2. The predicted octanol–water partition coefficient (Wildman–Crippen LogP) is 3.30. The molecule has 3 aromatic rings. The third-order valence-electron chi connectivity index (χ3n) is 3.69. The summed E-state index contributed by atoms with van der Waals surface area (Å²) in [6, 6.07) is 17.3. The summed E-state index contributed by atoms with van der Waals surface area (Å²) in [4.78, 5) is 0.169. The lowest BCUT2D eigenvalue weighted by molar-refractivity contribution is 0.146. The summed E-state index contributed by atoms with van der Waals surface area (Å²) < 4.78 is 40.1. The Hall–Kier alpha value is -2.77. The first-order chi connectivity index (χ1) is 12.6. The molecular weight excluding hydrogens is 352 g/mol. The average molecular weight is 372 g/mol. The Labute approximate surface area is 153 Å². The van der Waals surface area contributed by atoms with E-state index in [2.05, 4.69) is 4.72 Å². The maximum Gasteiger partial charge on any atom is 0.261 e. The van der Waals surface area contributed by atoms with Crippen LogP contribution in [0, 0.1) is 0 Å². The quantitative estimate of drug-likeness (QED) is 0.616. The van der Waals surface area contributed by atoms with Gasteiger partial charge >= 0.3 is 0 Å². The lowest BCUT2D eigenvalue weighted by Gasteiger charge is -2.11. The van der Waals surface area contributed by atoms with Gasteiger partial charge in [-0.25, -0.2) is 8.42 Å². The van der Waals surface area contributed by atoms with Crippen LogP contribution in [-0.4, -0.2) is 33.3 Å². The monoisotopic (exact) mass is 372 g/mol. The summed E-state index contributed by atoms with van der Waals surface area (Å²) in [6.45, 7) is 0.881. The van der Waals surface area contributed by atoms with E-state index in [4.69, 9.17) is 9.47 Å². The zero-order chi connectivity index (χ0) is 18.4. The molecule has 1 heterocycles. The van der Waals surface area contributed by atoms with E-state index < -0.39 is 10.0 Å². The molecule has 0 amide bonds. The molecule has 6 nitrogen and oxygen atoms in total. The molecule has 0 aliphatic rings. The molecule has 0 aliphatic heterocycles. The molecule has 136 valence electrons. The second kappa shape index (κ2) is 8.07. The van der Waals surface area contributed by atoms with E-state index in [0.717, 1.165) is 5.69 Å². The number of benzene rings is 2. The molecule has 0 atom stereocenters. The van der Waals surface area contributed by atoms with Crippen molar-refractivity contribution in [2.24, 2.45) is 0 Å². The van der Waals surface area contributed by atoms with E-state index in [1.54, 1.807) is 37.4 Å². The van der Waals surface area contributed by atoms with Crippen LogP contribution in [0.3, 0.4) is 0 Å². The van der Waals surface area contributed by atoms with Crippen LogP contribution in [-0.2, 0) is 14.8 Å². The maximum atomic E-state index is 12.6. The zero-order valence-electron chi connectivity index (χ0n) is 14.3. The van der Waals surface area contributed by atoms with Gasteiger partial charge in [0.2, 0.25) is 0 Å². The van der Waals surface area contributed by atoms with Gasteiger partial charge in [-0.3, -0.25) is 4.72 Å². The fraction of sp³-hybridized carbons (Fsp3) is 0.158. The number of nitrogens with one attached hydrogen (secondary N) is 1. The Balaban J connectivity index is 1.73. The predicted molar refractivity (Wildman–Crippen MR) is 100 cm³/mol. The van der Waals surface area contributed by atoms with Crippen molar-refractivity contribution < 1.29 is 17.9 Å². The smallest absolute Gasteiger partial charge is 0.261 e. The van der Waals surface area contributed by atoms with E-state index in [1.807, 2.05) is 35.2 Å². The third kappa shape index (κ3) is 4.44. The summed E-state index contributed by atoms with van der Waals surface area (Å²) in [5.41, 5.74) is 1.37. The van der Waals surface area contributed by atoms with Gasteiger partial charge in [-0.15, -0.1) is 0 Å². The van der Waals surface area contributed by atoms with E-state index in [0.29, 0.717) is 24.7 Å². The Morgan fingerprint density at radius 1 is 0.962 bits per heavy atom. The minimum atomic E-state index is -3.68. The molecule has 0 saturated heterocycles. The molecule has 1 aromatic heterocycles. The summed E-state index contributed by atoms with van der Waals surface area (Å²) in [5, 5.41) is 0. The molecule has 0 bridgehead atoms. The van der Waals surface area contributed by atoms with E-state index in [1.165, 1.54) is 12.1 Å². The van der Waals surface area contributed by atoms with Gasteiger partial charge in [-0.1, -0.05) is 6.07 Å². The lowest BCUT2D eigenvalue weighted by Crippen LogP contribution is -2.13. The maximum absolute atomic E-state index is 12.6. The van der Waals surface area contributed by atoms with Gasteiger partial charge in [-0.2, -0.15) is 0 Å². The van der Waals surface area contributed by atoms with Crippen LogP contribution in [0.25, 0.3) is 5.69 Å². The molecule has 2 aromatic carbocycles. The van der Waals surface area contributed by atoms with E-state index >= 15 is 0 Å². The standard InChI is InChI=1S/C19H20N2O4S/c1-24-13-14-25-18-7-9-19(10-8-18)26(22,23)20-16-5-4-6-17(15-16)21-11-2-3-12-21/h2-12,15,20H,13-14H2,1H3. The third-order valence-corrected chi connectivity index (χ3v) is 5.09. The van der Waals surface area contributed by atoms with Gasteiger partial charge in [-0.05, 0) is 54.6 Å². The summed E-state index contributed by atoms with van der Waals surface area (Å²) in [6.07, 6.45) is 3.80. The summed E-state index contributed by atoms with van der Waals surface area (Å²) in [5.74, 6) is 0.593. The highest BCUT2D eigenvalue weighted by molar-refractivity contribution is 7.92. The van der Waals surface area contributed by atoms with Crippen molar-refractivity contribution >= 4 is 15.7 Å². The minimum Gasteiger partial charge on any atom is -0.491 e. The summed E-state index contributed by atoms with van der Waals surface area (Å²) >= 11 is 0. The van der Waals surface area contributed by atoms with Crippen molar-refractivity contribution in [3.63, 3.8) is 0 Å². The van der Waals surface area contributed by atoms with Gasteiger partial charge in [0.05, 0.1) is 17.2 Å². The molecule has 0 aliphatic carbocycles. The van der Waals surface area contributed by atoms with E-state index in [9.17, 15) is 8.42 Å². The molecule has 0 spiro atoms. The number of aromatic nitrogens is 1. The molecule has 0 fully saturated rings. The van der Waals surface area contributed by atoms with Crippen LogP contribution in [0.1, 0.15) is 0 Å². The van der Waals surface area contributed by atoms with Gasteiger partial charge in [0.25, 0.3) is 10.0 Å². The number of hydrogen-bond acceptors (Lipinski definition) is 4. The second-order valence-electron chi connectivity index (χ2n) is 5.56. The second-order valence-corrected chi connectivity index (χ2v) is 7.24. The lowest BCUT2D eigenvalue weighted by atomic mass is 10.3. The van der Waals surface area contributed by atoms with Gasteiger partial charge < -0.3 is 14.0 Å². The van der Waals surface area contributed by atoms with Gasteiger partial charge in [0, 0.05) is 25.2 Å². The van der Waals surface area contributed by atoms with Crippen LogP contribution in [0.4, 0.5) is 5.69 Å². The number of ether oxygens (including phenoxy) is 2. The van der Waals surface area contributed by atoms with Gasteiger partial charge in [0.1, 0.15) is 12.4 Å². The van der Waals surface area contributed by atoms with Crippen LogP contribution in [0.2, 0.25) is 0 Å². The molecule has 0 saturated carbocycles. The van der Waals surface area contributed by atoms with Crippen molar-refractivity contribution in [3.8, 4) is 11.4 Å². The Morgan fingerprint density at radius 3 is 2.38 bits per heavy atom. The number of rotatable bonds is 8. The normalized spacial score (nSPS) is 11.3. The SMILES string of the molecule is COCCOc1ccc(S(=O)(=O)Nc2cccc(-n3cccc3)c2)cc1. The van der Waals surface area contributed by atoms with E-state index in [-0.39, 0.29) is 4.90 Å². The van der Waals surface area contributed by atoms with Crippen LogP contribution >= 0.6 is 0 Å². The number of hydrogen-bond donors (Lipinski definition) is 1. The topological polar surface area (TPSA) is 69.6 Å². The number of methoxy groups -OCH3 is 1. The molecule has 0 radical (unpaired) electrons. The first kappa shape index (κ1) is 18.0. The van der Waals surface area contributed by atoms with Crippen molar-refractivity contribution in [3.05, 3.63) is 73.1 Å². The van der Waals surface area contributed by atoms with Crippen molar-refractivity contribution in [2.75, 3.05) is 25.0 Å². The highest BCUT2D eigenvalue weighted by Gasteiger charge is 2.14. The first-order valence-electron chi connectivity index (χ1n) is 8.06. The largest absolute Gasteiger partial charge is 0.491 e. The first-order valence-corrected chi connectivity index (χ1v) is 9.55. The Morgan fingerprint density at radius 2 is 1.69 bits per heavy atom. The molecule has 26 heavy (non-hydrogen) atoms. The van der Waals surface area contributed by atoms with Gasteiger partial charge in [0.15, 0.2) is 0 Å². The highest BCUT2D eigenvalue weighted by Crippen LogP contribution is 2.21. The molecule has 1 N–H and O–H groups in total. The minimum absolute atomic E-state index is 0.169. The number of nitrogens with zero attached hydrogens (tertiary/aromatic N) is 1. The number of anilines is 1. The zero-order valence-corrected chi connectivity index (χ0v) is 15.1. The molecular formula is C19H20N2O4S. The Bertz CT molecular complexity index is 936. The van der Waals surface area contributed by atoms with Crippen molar-refractivity contribution in [1.29, 1.82) is 0 Å². The van der Waals surface area contributed by atoms with Crippen molar-refractivity contribution in [2.45, 2.75) is 4.90 Å². The fourth-order valence-corrected chi connectivity index (χ4v) is 3.46. The molecule has 3 rings (SSSR count). The van der Waals surface area contributed by atoms with Crippen molar-refractivity contribution in [1.82, 2.24) is 4.57 Å². The molecule has 0 unspecified atom stereocenters. The average Bonchev–Trinajstić information content (AvgIpc) is 3.17.